The summed E-state index contributed by atoms with van der Waals surface area (Å²) in [6, 6.07) is 17.5. The molecule has 1 atom stereocenters. The summed E-state index contributed by atoms with van der Waals surface area (Å²) in [4.78, 5) is 25.9. The van der Waals surface area contributed by atoms with Gasteiger partial charge in [-0.3, -0.25) is 9.59 Å². The fourth-order valence-electron chi connectivity index (χ4n) is 3.16. The van der Waals surface area contributed by atoms with E-state index in [1.165, 1.54) is 37.3 Å². The minimum Gasteiger partial charge on any atom is -0.473 e. The van der Waals surface area contributed by atoms with Gasteiger partial charge in [-0.1, -0.05) is 41.4 Å². The van der Waals surface area contributed by atoms with Crippen molar-refractivity contribution in [3.05, 3.63) is 93.4 Å². The van der Waals surface area contributed by atoms with E-state index in [1.807, 2.05) is 31.2 Å². The smallest absolute Gasteiger partial charge is 0.265 e. The maximum absolute atomic E-state index is 13.3. The quantitative estimate of drug-likeness (QED) is 0.406. The second-order valence-electron chi connectivity index (χ2n) is 7.35. The van der Waals surface area contributed by atoms with E-state index >= 15 is 0 Å². The van der Waals surface area contributed by atoms with Crippen molar-refractivity contribution in [3.8, 4) is 17.1 Å². The summed E-state index contributed by atoms with van der Waals surface area (Å²) in [5.41, 5.74) is 1.99. The third-order valence-corrected chi connectivity index (χ3v) is 5.14. The van der Waals surface area contributed by atoms with Crippen molar-refractivity contribution < 1.29 is 18.3 Å². The Labute approximate surface area is 188 Å². The molecule has 5 nitrogen and oxygen atoms in total. The van der Waals surface area contributed by atoms with Crippen LogP contribution in [0.25, 0.3) is 22.3 Å². The van der Waals surface area contributed by atoms with E-state index in [4.69, 9.17) is 20.8 Å². The van der Waals surface area contributed by atoms with Gasteiger partial charge in [-0.15, -0.1) is 0 Å². The van der Waals surface area contributed by atoms with Gasteiger partial charge in [0.15, 0.2) is 11.9 Å². The molecule has 0 aliphatic carbocycles. The van der Waals surface area contributed by atoms with Crippen LogP contribution in [0, 0.1) is 12.7 Å². The van der Waals surface area contributed by atoms with Gasteiger partial charge in [-0.2, -0.15) is 0 Å². The molecule has 162 valence electrons. The Morgan fingerprint density at radius 1 is 1.06 bits per heavy atom. The Morgan fingerprint density at radius 3 is 2.44 bits per heavy atom. The minimum absolute atomic E-state index is 0.0922. The summed E-state index contributed by atoms with van der Waals surface area (Å²) in [5, 5.41) is 3.26. The fraction of sp³-hybridized carbons (Fsp3) is 0.120. The lowest BCUT2D eigenvalue weighted by Gasteiger charge is -2.17. The van der Waals surface area contributed by atoms with Crippen molar-refractivity contribution in [1.29, 1.82) is 0 Å². The minimum atomic E-state index is -1.04. The average molecular weight is 452 g/mol. The largest absolute Gasteiger partial charge is 0.473 e. The lowest BCUT2D eigenvalue weighted by atomic mass is 10.1. The van der Waals surface area contributed by atoms with E-state index in [2.05, 4.69) is 5.32 Å². The zero-order chi connectivity index (χ0) is 22.8. The topological polar surface area (TPSA) is 68.5 Å². The maximum Gasteiger partial charge on any atom is 0.265 e. The standard InChI is InChI=1S/C25H19ClFNO4/c1-14-3-5-16(6-4-14)23-24(22(29)20-13-17(26)7-12-21(20)32-23)31-15(2)25(30)28-19-10-8-18(27)9-11-19/h3-13,15H,1-2H3,(H,28,30)/t15-/m1/s1. The van der Waals surface area contributed by atoms with Crippen LogP contribution < -0.4 is 15.5 Å². The maximum atomic E-state index is 13.3. The first-order valence-electron chi connectivity index (χ1n) is 9.88. The van der Waals surface area contributed by atoms with Crippen LogP contribution in [0.15, 0.2) is 75.9 Å². The molecule has 32 heavy (non-hydrogen) atoms. The van der Waals surface area contributed by atoms with Gasteiger partial charge >= 0.3 is 0 Å². The number of fused-ring (bicyclic) bond motifs is 1. The third kappa shape index (κ3) is 4.50. The van der Waals surface area contributed by atoms with Gasteiger partial charge in [0.05, 0.1) is 5.39 Å². The molecule has 4 rings (SSSR count). The van der Waals surface area contributed by atoms with Gasteiger partial charge in [0.2, 0.25) is 11.2 Å². The molecule has 1 aromatic heterocycles. The SMILES string of the molecule is Cc1ccc(-c2oc3ccc(Cl)cc3c(=O)c2O[C@H](C)C(=O)Nc2ccc(F)cc2)cc1. The summed E-state index contributed by atoms with van der Waals surface area (Å²) in [7, 11) is 0. The number of carbonyl (C=O) groups excluding carboxylic acids is 1. The molecule has 0 aliphatic heterocycles. The van der Waals surface area contributed by atoms with Crippen LogP contribution >= 0.6 is 11.6 Å². The predicted octanol–water partition coefficient (Wildman–Crippen LogP) is 5.97. The van der Waals surface area contributed by atoms with Crippen LogP contribution in [-0.2, 0) is 4.79 Å². The molecule has 0 unspecified atom stereocenters. The third-order valence-electron chi connectivity index (χ3n) is 4.90. The van der Waals surface area contributed by atoms with Crippen molar-refractivity contribution in [2.45, 2.75) is 20.0 Å². The number of aryl methyl sites for hydroxylation is 1. The van der Waals surface area contributed by atoms with E-state index in [-0.39, 0.29) is 16.9 Å². The molecule has 0 aliphatic rings. The molecule has 0 bridgehead atoms. The van der Waals surface area contributed by atoms with Crippen molar-refractivity contribution in [2.75, 3.05) is 5.32 Å². The number of nitrogens with one attached hydrogen (secondary N) is 1. The molecule has 0 saturated heterocycles. The molecule has 4 aromatic rings. The number of benzene rings is 3. The molecule has 7 heteroatoms. The van der Waals surface area contributed by atoms with Crippen LogP contribution in [-0.4, -0.2) is 12.0 Å². The van der Waals surface area contributed by atoms with E-state index in [9.17, 15) is 14.0 Å². The molecule has 0 saturated carbocycles. The molecule has 0 radical (unpaired) electrons. The first-order valence-corrected chi connectivity index (χ1v) is 10.3. The highest BCUT2D eigenvalue weighted by Crippen LogP contribution is 2.32. The van der Waals surface area contributed by atoms with Crippen LogP contribution in [0.1, 0.15) is 12.5 Å². The van der Waals surface area contributed by atoms with Crippen molar-refractivity contribution in [3.63, 3.8) is 0 Å². The number of amides is 1. The number of hydrogen-bond donors (Lipinski definition) is 1. The Hall–Kier alpha value is -3.64. The van der Waals surface area contributed by atoms with E-state index in [0.717, 1.165) is 5.56 Å². The molecule has 0 spiro atoms. The molecule has 1 amide bonds. The highest BCUT2D eigenvalue weighted by molar-refractivity contribution is 6.31. The van der Waals surface area contributed by atoms with E-state index < -0.39 is 23.3 Å². The van der Waals surface area contributed by atoms with Gasteiger partial charge in [-0.25, -0.2) is 4.39 Å². The normalized spacial score (nSPS) is 11.9. The van der Waals surface area contributed by atoms with Crippen LogP contribution in [0.2, 0.25) is 5.02 Å². The Morgan fingerprint density at radius 2 is 1.75 bits per heavy atom. The number of rotatable bonds is 5. The second kappa shape index (κ2) is 8.85. The predicted molar refractivity (Wildman–Crippen MR) is 123 cm³/mol. The van der Waals surface area contributed by atoms with Crippen molar-refractivity contribution >= 4 is 34.2 Å². The zero-order valence-electron chi connectivity index (χ0n) is 17.3. The number of ether oxygens (including phenoxy) is 1. The average Bonchev–Trinajstić information content (AvgIpc) is 2.78. The van der Waals surface area contributed by atoms with Crippen molar-refractivity contribution in [2.24, 2.45) is 0 Å². The molecule has 0 fully saturated rings. The summed E-state index contributed by atoms with van der Waals surface area (Å²) in [5.74, 6) is -0.795. The van der Waals surface area contributed by atoms with Gasteiger partial charge in [-0.05, 0) is 56.3 Å². The summed E-state index contributed by atoms with van der Waals surface area (Å²) >= 11 is 6.06. The van der Waals surface area contributed by atoms with Crippen LogP contribution in [0.3, 0.4) is 0 Å². The molecule has 3 aromatic carbocycles. The number of halogens is 2. The van der Waals surface area contributed by atoms with Crippen LogP contribution in [0.4, 0.5) is 10.1 Å². The van der Waals surface area contributed by atoms with E-state index in [0.29, 0.717) is 21.9 Å². The van der Waals surface area contributed by atoms with Gasteiger partial charge in [0.25, 0.3) is 5.91 Å². The Bertz CT molecular complexity index is 1350. The summed E-state index contributed by atoms with van der Waals surface area (Å²) in [6.07, 6.45) is -1.04. The molecule has 1 heterocycles. The molecular weight excluding hydrogens is 433 g/mol. The van der Waals surface area contributed by atoms with Crippen molar-refractivity contribution in [1.82, 2.24) is 0 Å². The monoisotopic (exact) mass is 451 g/mol. The number of anilines is 1. The van der Waals surface area contributed by atoms with Gasteiger partial charge < -0.3 is 14.5 Å². The molecule has 1 N–H and O–H groups in total. The lowest BCUT2D eigenvalue weighted by molar-refractivity contribution is -0.122. The first kappa shape index (κ1) is 21.6. The fourth-order valence-corrected chi connectivity index (χ4v) is 3.33. The highest BCUT2D eigenvalue weighted by Gasteiger charge is 2.23. The highest BCUT2D eigenvalue weighted by atomic mass is 35.5. The summed E-state index contributed by atoms with van der Waals surface area (Å²) in [6.45, 7) is 3.46. The number of hydrogen-bond acceptors (Lipinski definition) is 4. The van der Waals surface area contributed by atoms with Gasteiger partial charge in [0.1, 0.15) is 11.4 Å². The van der Waals surface area contributed by atoms with E-state index in [1.54, 1.807) is 12.1 Å². The Balaban J connectivity index is 1.73. The van der Waals surface area contributed by atoms with Gasteiger partial charge in [0, 0.05) is 16.3 Å². The zero-order valence-corrected chi connectivity index (χ0v) is 18.1. The molecular formula is C25H19ClFNO4. The second-order valence-corrected chi connectivity index (χ2v) is 7.79. The summed E-state index contributed by atoms with van der Waals surface area (Å²) < 4.78 is 25.0. The lowest BCUT2D eigenvalue weighted by Crippen LogP contribution is -2.31. The Kier molecular flexibility index (Phi) is 5.97. The van der Waals surface area contributed by atoms with Crippen LogP contribution in [0.5, 0.6) is 5.75 Å². The number of carbonyl (C=O) groups is 1. The first-order chi connectivity index (χ1) is 15.3.